The smallest absolute Gasteiger partial charge is 0.414 e. The first kappa shape index (κ1) is 20.5. The maximum absolute atomic E-state index is 12.8. The Balaban J connectivity index is 1.96. The highest BCUT2D eigenvalue weighted by Gasteiger charge is 2.37. The van der Waals surface area contributed by atoms with Crippen LogP contribution in [0, 0.1) is 5.92 Å². The molecule has 28 heavy (non-hydrogen) atoms. The SMILES string of the molecule is CCC(CNC)c1ccc2c(c1)N(C(=O)OCC1CC1)CC(C)N2C(=O)OC. The first-order valence-corrected chi connectivity index (χ1v) is 10.1. The summed E-state index contributed by atoms with van der Waals surface area (Å²) in [5.41, 5.74) is 2.52. The zero-order chi connectivity index (χ0) is 20.3. The number of anilines is 2. The number of amides is 2. The van der Waals surface area contributed by atoms with Crippen LogP contribution in [-0.2, 0) is 9.47 Å². The molecular weight excluding hydrogens is 358 g/mol. The quantitative estimate of drug-likeness (QED) is 0.803. The highest BCUT2D eigenvalue weighted by atomic mass is 16.6. The fourth-order valence-electron chi connectivity index (χ4n) is 3.74. The minimum Gasteiger partial charge on any atom is -0.452 e. The number of nitrogens with one attached hydrogen (secondary N) is 1. The van der Waals surface area contributed by atoms with Crippen molar-refractivity contribution in [3.8, 4) is 0 Å². The van der Waals surface area contributed by atoms with Gasteiger partial charge in [0, 0.05) is 6.54 Å². The largest absolute Gasteiger partial charge is 0.452 e. The van der Waals surface area contributed by atoms with Crippen molar-refractivity contribution < 1.29 is 19.1 Å². The lowest BCUT2D eigenvalue weighted by molar-refractivity contribution is 0.147. The number of benzene rings is 1. The average molecular weight is 389 g/mol. The van der Waals surface area contributed by atoms with Gasteiger partial charge in [-0.15, -0.1) is 0 Å². The highest BCUT2D eigenvalue weighted by molar-refractivity contribution is 6.00. The summed E-state index contributed by atoms with van der Waals surface area (Å²) in [6.07, 6.45) is 2.46. The average Bonchev–Trinajstić information content (AvgIpc) is 3.53. The van der Waals surface area contributed by atoms with E-state index in [1.54, 1.807) is 9.80 Å². The van der Waals surface area contributed by atoms with Crippen molar-refractivity contribution in [2.75, 3.05) is 43.7 Å². The molecule has 1 N–H and O–H groups in total. The van der Waals surface area contributed by atoms with Crippen LogP contribution < -0.4 is 15.1 Å². The maximum atomic E-state index is 12.8. The van der Waals surface area contributed by atoms with E-state index in [-0.39, 0.29) is 12.1 Å². The molecule has 2 unspecified atom stereocenters. The van der Waals surface area contributed by atoms with Gasteiger partial charge in [0.1, 0.15) is 0 Å². The summed E-state index contributed by atoms with van der Waals surface area (Å²) < 4.78 is 10.5. The van der Waals surface area contributed by atoms with Crippen molar-refractivity contribution in [2.45, 2.75) is 45.1 Å². The second-order valence-electron chi connectivity index (χ2n) is 7.73. The molecule has 1 saturated carbocycles. The van der Waals surface area contributed by atoms with Gasteiger partial charge in [0.2, 0.25) is 0 Å². The number of hydrogen-bond donors (Lipinski definition) is 1. The molecule has 0 spiro atoms. The molecule has 0 bridgehead atoms. The number of hydrogen-bond acceptors (Lipinski definition) is 5. The van der Waals surface area contributed by atoms with Crippen molar-refractivity contribution >= 4 is 23.6 Å². The Labute approximate surface area is 167 Å². The number of carbonyl (C=O) groups excluding carboxylic acids is 2. The van der Waals surface area contributed by atoms with E-state index < -0.39 is 6.09 Å². The molecular formula is C21H31N3O4. The Bertz CT molecular complexity index is 720. The van der Waals surface area contributed by atoms with Crippen molar-refractivity contribution in [2.24, 2.45) is 5.92 Å². The molecule has 0 saturated heterocycles. The number of carbonyl (C=O) groups is 2. The number of rotatable bonds is 6. The summed E-state index contributed by atoms with van der Waals surface area (Å²) in [5, 5.41) is 3.22. The first-order valence-electron chi connectivity index (χ1n) is 10.1. The van der Waals surface area contributed by atoms with Gasteiger partial charge < -0.3 is 14.8 Å². The Kier molecular flexibility index (Phi) is 6.44. The number of nitrogens with zero attached hydrogens (tertiary/aromatic N) is 2. The molecule has 0 aromatic heterocycles. The number of methoxy groups -OCH3 is 1. The van der Waals surface area contributed by atoms with Gasteiger partial charge in [-0.2, -0.15) is 0 Å². The Morgan fingerprint density at radius 1 is 1.25 bits per heavy atom. The molecule has 1 fully saturated rings. The minimum atomic E-state index is -0.422. The normalized spacial score (nSPS) is 19.8. The lowest BCUT2D eigenvalue weighted by Crippen LogP contribution is -2.52. The Morgan fingerprint density at radius 3 is 2.61 bits per heavy atom. The fraction of sp³-hybridized carbons (Fsp3) is 0.619. The Morgan fingerprint density at radius 2 is 2.00 bits per heavy atom. The zero-order valence-corrected chi connectivity index (χ0v) is 17.2. The van der Waals surface area contributed by atoms with E-state index in [2.05, 4.69) is 12.2 Å². The van der Waals surface area contributed by atoms with E-state index in [0.29, 0.717) is 36.4 Å². The third-order valence-corrected chi connectivity index (χ3v) is 5.58. The minimum absolute atomic E-state index is 0.210. The van der Waals surface area contributed by atoms with Gasteiger partial charge in [-0.25, -0.2) is 9.59 Å². The fourth-order valence-corrected chi connectivity index (χ4v) is 3.74. The van der Waals surface area contributed by atoms with Gasteiger partial charge in [0.05, 0.1) is 37.7 Å². The molecule has 1 aliphatic heterocycles. The molecule has 2 aliphatic rings. The molecule has 1 aliphatic carbocycles. The van der Waals surface area contributed by atoms with E-state index in [4.69, 9.17) is 9.47 Å². The van der Waals surface area contributed by atoms with Gasteiger partial charge in [-0.3, -0.25) is 9.80 Å². The first-order chi connectivity index (χ1) is 13.5. The van der Waals surface area contributed by atoms with Gasteiger partial charge in [-0.05, 0) is 62.8 Å². The highest BCUT2D eigenvalue weighted by Crippen LogP contribution is 2.39. The molecule has 2 amide bonds. The summed E-state index contributed by atoms with van der Waals surface area (Å²) in [5.74, 6) is 0.828. The van der Waals surface area contributed by atoms with E-state index >= 15 is 0 Å². The van der Waals surface area contributed by atoms with Gasteiger partial charge in [0.15, 0.2) is 0 Å². The standard InChI is InChI=1S/C21H31N3O4/c1-5-16(11-22-3)17-8-9-18-19(10-17)23(20(25)28-13-15-6-7-15)12-14(2)24(18)21(26)27-4/h8-10,14-16,22H,5-7,11-13H2,1-4H3. The molecule has 7 heteroatoms. The van der Waals surface area contributed by atoms with Crippen LogP contribution in [0.3, 0.4) is 0 Å². The number of fused-ring (bicyclic) bond motifs is 1. The predicted octanol–water partition coefficient (Wildman–Crippen LogP) is 3.73. The van der Waals surface area contributed by atoms with Crippen LogP contribution in [0.4, 0.5) is 21.0 Å². The van der Waals surface area contributed by atoms with Crippen molar-refractivity contribution in [3.05, 3.63) is 23.8 Å². The molecule has 1 aromatic carbocycles. The number of likely N-dealkylation sites (N-methyl/N-ethyl adjacent to an activating group) is 1. The monoisotopic (exact) mass is 389 g/mol. The van der Waals surface area contributed by atoms with Crippen molar-refractivity contribution in [3.63, 3.8) is 0 Å². The van der Waals surface area contributed by atoms with Crippen LogP contribution in [-0.4, -0.2) is 52.1 Å². The lowest BCUT2D eigenvalue weighted by atomic mass is 9.94. The zero-order valence-electron chi connectivity index (χ0n) is 17.2. The lowest BCUT2D eigenvalue weighted by Gasteiger charge is -2.40. The van der Waals surface area contributed by atoms with Crippen LogP contribution in [0.2, 0.25) is 0 Å². The topological polar surface area (TPSA) is 71.1 Å². The molecule has 154 valence electrons. The van der Waals surface area contributed by atoms with Gasteiger partial charge in [0.25, 0.3) is 0 Å². The van der Waals surface area contributed by atoms with Gasteiger partial charge >= 0.3 is 12.2 Å². The predicted molar refractivity (Wildman–Crippen MR) is 109 cm³/mol. The summed E-state index contributed by atoms with van der Waals surface area (Å²) in [7, 11) is 3.31. The van der Waals surface area contributed by atoms with Crippen molar-refractivity contribution in [1.29, 1.82) is 0 Å². The summed E-state index contributed by atoms with van der Waals surface area (Å²) >= 11 is 0. The molecule has 3 rings (SSSR count). The van der Waals surface area contributed by atoms with E-state index in [0.717, 1.165) is 31.4 Å². The van der Waals surface area contributed by atoms with E-state index in [9.17, 15) is 9.59 Å². The molecule has 2 atom stereocenters. The molecule has 1 heterocycles. The van der Waals surface area contributed by atoms with E-state index in [1.807, 2.05) is 32.2 Å². The van der Waals surface area contributed by atoms with E-state index in [1.165, 1.54) is 7.11 Å². The second kappa shape index (κ2) is 8.82. The van der Waals surface area contributed by atoms with Gasteiger partial charge in [-0.1, -0.05) is 13.0 Å². The molecule has 0 radical (unpaired) electrons. The summed E-state index contributed by atoms with van der Waals surface area (Å²) in [6, 6.07) is 5.75. The van der Waals surface area contributed by atoms with Crippen LogP contribution in [0.15, 0.2) is 18.2 Å². The van der Waals surface area contributed by atoms with Crippen molar-refractivity contribution in [1.82, 2.24) is 5.32 Å². The van der Waals surface area contributed by atoms with Crippen LogP contribution in [0.1, 0.15) is 44.6 Å². The summed E-state index contributed by atoms with van der Waals surface area (Å²) in [4.78, 5) is 28.5. The molecule has 7 nitrogen and oxygen atoms in total. The van der Waals surface area contributed by atoms with Crippen LogP contribution in [0.5, 0.6) is 0 Å². The summed E-state index contributed by atoms with van der Waals surface area (Å²) in [6.45, 7) is 5.74. The second-order valence-corrected chi connectivity index (χ2v) is 7.73. The van der Waals surface area contributed by atoms with Crippen LogP contribution in [0.25, 0.3) is 0 Å². The molecule has 1 aromatic rings. The third kappa shape index (κ3) is 4.24. The third-order valence-electron chi connectivity index (χ3n) is 5.58. The van der Waals surface area contributed by atoms with Crippen LogP contribution >= 0.6 is 0 Å². The maximum Gasteiger partial charge on any atom is 0.414 e. The number of ether oxygens (including phenoxy) is 2. The Hall–Kier alpha value is -2.28.